The fourth-order valence-corrected chi connectivity index (χ4v) is 2.60. The molecule has 0 unspecified atom stereocenters. The Morgan fingerprint density at radius 2 is 2.17 bits per heavy atom. The Labute approximate surface area is 136 Å². The van der Waals surface area contributed by atoms with Crippen LogP contribution in [0.1, 0.15) is 25.3 Å². The molecule has 0 saturated carbocycles. The van der Waals surface area contributed by atoms with Crippen molar-refractivity contribution in [2.45, 2.75) is 32.4 Å². The third kappa shape index (κ3) is 4.46. The van der Waals surface area contributed by atoms with E-state index in [1.54, 1.807) is 18.9 Å². The molecule has 2 amide bonds. The minimum Gasteiger partial charge on any atom is -0.497 e. The van der Waals surface area contributed by atoms with Crippen molar-refractivity contribution in [3.05, 3.63) is 29.8 Å². The van der Waals surface area contributed by atoms with Gasteiger partial charge in [0.15, 0.2) is 0 Å². The smallest absolute Gasteiger partial charge is 0.225 e. The van der Waals surface area contributed by atoms with E-state index in [9.17, 15) is 9.59 Å². The zero-order chi connectivity index (χ0) is 16.8. The van der Waals surface area contributed by atoms with E-state index in [2.05, 4.69) is 5.32 Å². The number of carbonyl (C=O) groups is 2. The number of nitrogens with one attached hydrogen (secondary N) is 1. The summed E-state index contributed by atoms with van der Waals surface area (Å²) in [5.41, 5.74) is 0.998. The van der Waals surface area contributed by atoms with Crippen molar-refractivity contribution in [3.8, 4) is 11.8 Å². The molecule has 0 aromatic heterocycles. The van der Waals surface area contributed by atoms with E-state index in [1.165, 1.54) is 0 Å². The summed E-state index contributed by atoms with van der Waals surface area (Å²) in [5.74, 6) is 0.249. The van der Waals surface area contributed by atoms with Crippen LogP contribution in [0.4, 0.5) is 0 Å². The van der Waals surface area contributed by atoms with Crippen LogP contribution in [0.15, 0.2) is 24.3 Å². The lowest BCUT2D eigenvalue weighted by Crippen LogP contribution is -2.38. The van der Waals surface area contributed by atoms with Gasteiger partial charge in [-0.05, 0) is 24.6 Å². The highest BCUT2D eigenvalue weighted by Gasteiger charge is 2.34. The third-order valence-electron chi connectivity index (χ3n) is 3.90. The molecule has 1 aromatic carbocycles. The van der Waals surface area contributed by atoms with E-state index in [-0.39, 0.29) is 36.6 Å². The summed E-state index contributed by atoms with van der Waals surface area (Å²) in [5, 5.41) is 11.4. The summed E-state index contributed by atoms with van der Waals surface area (Å²) in [6, 6.07) is 9.35. The Kier molecular flexibility index (Phi) is 5.58. The Morgan fingerprint density at radius 3 is 2.78 bits per heavy atom. The number of rotatable bonds is 6. The Morgan fingerprint density at radius 1 is 1.48 bits per heavy atom. The van der Waals surface area contributed by atoms with Gasteiger partial charge in [0, 0.05) is 25.6 Å². The van der Waals surface area contributed by atoms with Crippen molar-refractivity contribution in [3.63, 3.8) is 0 Å². The number of nitriles is 1. The van der Waals surface area contributed by atoms with Crippen molar-refractivity contribution in [2.24, 2.45) is 5.92 Å². The van der Waals surface area contributed by atoms with Gasteiger partial charge in [0.25, 0.3) is 0 Å². The Hall–Kier alpha value is -2.55. The highest BCUT2D eigenvalue weighted by Crippen LogP contribution is 2.21. The molecular formula is C17H21N3O3. The molecule has 1 aliphatic heterocycles. The fourth-order valence-electron chi connectivity index (χ4n) is 2.60. The van der Waals surface area contributed by atoms with Gasteiger partial charge in [-0.3, -0.25) is 9.59 Å². The van der Waals surface area contributed by atoms with Crippen LogP contribution in [-0.2, 0) is 16.1 Å². The number of nitrogens with zero attached hydrogens (tertiary/aromatic N) is 2. The quantitative estimate of drug-likeness (QED) is 0.861. The normalized spacial score (nSPS) is 18.4. The van der Waals surface area contributed by atoms with Crippen LogP contribution < -0.4 is 10.1 Å². The predicted molar refractivity (Wildman–Crippen MR) is 84.4 cm³/mol. The molecule has 0 aliphatic carbocycles. The first kappa shape index (κ1) is 16.8. The van der Waals surface area contributed by atoms with E-state index >= 15 is 0 Å². The maximum atomic E-state index is 12.1. The standard InChI is InChI=1S/C17H21N3O3/c1-12(7-8-18)19-17(22)14-9-16(21)20(11-14)10-13-3-5-15(23-2)6-4-13/h3-6,12,14H,7,9-11H2,1-2H3,(H,19,22)/t12-,14+/m1/s1. The van der Waals surface area contributed by atoms with Gasteiger partial charge in [-0.15, -0.1) is 0 Å². The molecular weight excluding hydrogens is 294 g/mol. The topological polar surface area (TPSA) is 82.4 Å². The van der Waals surface area contributed by atoms with Crippen LogP contribution in [-0.4, -0.2) is 36.4 Å². The van der Waals surface area contributed by atoms with E-state index < -0.39 is 0 Å². The first-order chi connectivity index (χ1) is 11.0. The lowest BCUT2D eigenvalue weighted by Gasteiger charge is -2.18. The minimum atomic E-state index is -0.345. The average Bonchev–Trinajstić information content (AvgIpc) is 2.89. The largest absolute Gasteiger partial charge is 0.497 e. The highest BCUT2D eigenvalue weighted by molar-refractivity contribution is 5.89. The van der Waals surface area contributed by atoms with Gasteiger partial charge >= 0.3 is 0 Å². The molecule has 1 heterocycles. The zero-order valence-corrected chi connectivity index (χ0v) is 13.4. The van der Waals surface area contributed by atoms with Crippen molar-refractivity contribution in [1.82, 2.24) is 10.2 Å². The first-order valence-electron chi connectivity index (χ1n) is 7.61. The maximum Gasteiger partial charge on any atom is 0.225 e. The minimum absolute atomic E-state index is 0.0195. The lowest BCUT2D eigenvalue weighted by atomic mass is 10.1. The number of hydrogen-bond donors (Lipinski definition) is 1. The van der Waals surface area contributed by atoms with E-state index in [0.717, 1.165) is 11.3 Å². The van der Waals surface area contributed by atoms with E-state index in [4.69, 9.17) is 10.00 Å². The molecule has 6 heteroatoms. The molecule has 23 heavy (non-hydrogen) atoms. The molecule has 1 aliphatic rings. The Bertz CT molecular complexity index is 607. The van der Waals surface area contributed by atoms with Crippen LogP contribution >= 0.6 is 0 Å². The molecule has 1 aromatic rings. The number of carbonyl (C=O) groups excluding carboxylic acids is 2. The molecule has 2 rings (SSSR count). The number of ether oxygens (including phenoxy) is 1. The van der Waals surface area contributed by atoms with Crippen LogP contribution in [0.3, 0.4) is 0 Å². The molecule has 6 nitrogen and oxygen atoms in total. The lowest BCUT2D eigenvalue weighted by molar-refractivity contribution is -0.129. The molecule has 1 N–H and O–H groups in total. The monoisotopic (exact) mass is 315 g/mol. The van der Waals surface area contributed by atoms with Crippen LogP contribution in [0.2, 0.25) is 0 Å². The van der Waals surface area contributed by atoms with Gasteiger partial charge in [-0.2, -0.15) is 5.26 Å². The fraction of sp³-hybridized carbons (Fsp3) is 0.471. The Balaban J connectivity index is 1.91. The van der Waals surface area contributed by atoms with E-state index in [1.807, 2.05) is 30.3 Å². The highest BCUT2D eigenvalue weighted by atomic mass is 16.5. The molecule has 1 fully saturated rings. The number of amides is 2. The average molecular weight is 315 g/mol. The number of hydrogen-bond acceptors (Lipinski definition) is 4. The molecule has 1 saturated heterocycles. The molecule has 0 radical (unpaired) electrons. The SMILES string of the molecule is COc1ccc(CN2C[C@@H](C(=O)N[C@H](C)CC#N)CC2=O)cc1. The summed E-state index contributed by atoms with van der Waals surface area (Å²) in [6.07, 6.45) is 0.489. The van der Waals surface area contributed by atoms with Gasteiger partial charge in [0.1, 0.15) is 5.75 Å². The van der Waals surface area contributed by atoms with Gasteiger partial charge in [0.05, 0.1) is 25.5 Å². The molecule has 0 spiro atoms. The van der Waals surface area contributed by atoms with Gasteiger partial charge in [0.2, 0.25) is 11.8 Å². The second-order valence-electron chi connectivity index (χ2n) is 5.80. The van der Waals surface area contributed by atoms with Crippen molar-refractivity contribution in [1.29, 1.82) is 5.26 Å². The second kappa shape index (κ2) is 7.63. The van der Waals surface area contributed by atoms with Crippen molar-refractivity contribution in [2.75, 3.05) is 13.7 Å². The van der Waals surface area contributed by atoms with Gasteiger partial charge < -0.3 is 15.0 Å². The van der Waals surface area contributed by atoms with Crippen molar-refractivity contribution >= 4 is 11.8 Å². The number of benzene rings is 1. The second-order valence-corrected chi connectivity index (χ2v) is 5.80. The number of methoxy groups -OCH3 is 1. The summed E-state index contributed by atoms with van der Waals surface area (Å²) in [4.78, 5) is 25.9. The molecule has 2 atom stereocenters. The molecule has 122 valence electrons. The summed E-state index contributed by atoms with van der Waals surface area (Å²) in [6.45, 7) is 2.68. The van der Waals surface area contributed by atoms with Crippen LogP contribution in [0.25, 0.3) is 0 Å². The first-order valence-corrected chi connectivity index (χ1v) is 7.61. The zero-order valence-electron chi connectivity index (χ0n) is 13.4. The predicted octanol–water partition coefficient (Wildman–Crippen LogP) is 1.46. The van der Waals surface area contributed by atoms with Crippen molar-refractivity contribution < 1.29 is 14.3 Å². The third-order valence-corrected chi connectivity index (χ3v) is 3.90. The summed E-state index contributed by atoms with van der Waals surface area (Å²) < 4.78 is 5.11. The van der Waals surface area contributed by atoms with Crippen LogP contribution in [0.5, 0.6) is 5.75 Å². The van der Waals surface area contributed by atoms with E-state index in [0.29, 0.717) is 13.1 Å². The summed E-state index contributed by atoms with van der Waals surface area (Å²) >= 11 is 0. The molecule has 0 bridgehead atoms. The number of likely N-dealkylation sites (tertiary alicyclic amines) is 1. The van der Waals surface area contributed by atoms with Gasteiger partial charge in [-0.1, -0.05) is 12.1 Å². The van der Waals surface area contributed by atoms with Gasteiger partial charge in [-0.25, -0.2) is 0 Å². The maximum absolute atomic E-state index is 12.1. The van der Waals surface area contributed by atoms with Crippen LogP contribution in [0, 0.1) is 17.2 Å². The summed E-state index contributed by atoms with van der Waals surface area (Å²) in [7, 11) is 1.61.